The third-order valence-corrected chi connectivity index (χ3v) is 5.77. The molecule has 1 aromatic rings. The number of hydrogen-bond acceptors (Lipinski definition) is 3. The highest BCUT2D eigenvalue weighted by Gasteiger charge is 2.29. The van der Waals surface area contributed by atoms with E-state index in [1.54, 1.807) is 16.1 Å². The largest absolute Gasteiger partial charge is 0.268 e. The molecule has 0 radical (unpaired) electrons. The first-order chi connectivity index (χ1) is 8.04. The summed E-state index contributed by atoms with van der Waals surface area (Å²) in [5.74, 6) is 0.221. The minimum Gasteiger partial charge on any atom is -0.268 e. The lowest BCUT2D eigenvalue weighted by atomic mass is 10.3. The number of thioether (sulfide) groups is 1. The Labute approximate surface area is 107 Å². The Hall–Kier alpha value is -0.680. The summed E-state index contributed by atoms with van der Waals surface area (Å²) in [6, 6.07) is 7.73. The summed E-state index contributed by atoms with van der Waals surface area (Å²) in [6.07, 6.45) is 0.655. The van der Waals surface area contributed by atoms with Gasteiger partial charge in [0.15, 0.2) is 0 Å². The predicted octanol–water partition coefficient (Wildman–Crippen LogP) is 2.73. The SMILES string of the molecule is CCCS(=O)(=O)N1CC(C)Sc2ccccc21. The Morgan fingerprint density at radius 3 is 2.82 bits per heavy atom. The van der Waals surface area contributed by atoms with Crippen LogP contribution in [-0.2, 0) is 10.0 Å². The number of hydrogen-bond donors (Lipinski definition) is 0. The molecule has 3 nitrogen and oxygen atoms in total. The maximum atomic E-state index is 12.2. The maximum Gasteiger partial charge on any atom is 0.235 e. The highest BCUT2D eigenvalue weighted by molar-refractivity contribution is 8.00. The number of nitrogens with zero attached hydrogens (tertiary/aromatic N) is 1. The van der Waals surface area contributed by atoms with Crippen molar-refractivity contribution in [2.75, 3.05) is 16.6 Å². The van der Waals surface area contributed by atoms with Crippen LogP contribution < -0.4 is 4.31 Å². The second kappa shape index (κ2) is 4.90. The van der Waals surface area contributed by atoms with Gasteiger partial charge in [-0.15, -0.1) is 11.8 Å². The van der Waals surface area contributed by atoms with Gasteiger partial charge < -0.3 is 0 Å². The van der Waals surface area contributed by atoms with Crippen LogP contribution in [0.1, 0.15) is 20.3 Å². The number of fused-ring (bicyclic) bond motifs is 1. The molecule has 17 heavy (non-hydrogen) atoms. The fourth-order valence-electron chi connectivity index (χ4n) is 1.98. The molecule has 5 heteroatoms. The molecule has 0 saturated carbocycles. The van der Waals surface area contributed by atoms with E-state index in [2.05, 4.69) is 6.92 Å². The molecule has 0 fully saturated rings. The summed E-state index contributed by atoms with van der Waals surface area (Å²) in [5.41, 5.74) is 0.837. The van der Waals surface area contributed by atoms with Crippen LogP contribution in [0.2, 0.25) is 0 Å². The average Bonchev–Trinajstić information content (AvgIpc) is 2.27. The molecule has 94 valence electrons. The predicted molar refractivity (Wildman–Crippen MR) is 73.2 cm³/mol. The van der Waals surface area contributed by atoms with Gasteiger partial charge >= 0.3 is 0 Å². The first-order valence-electron chi connectivity index (χ1n) is 5.80. The maximum absolute atomic E-state index is 12.2. The van der Waals surface area contributed by atoms with Crippen LogP contribution >= 0.6 is 11.8 Å². The topological polar surface area (TPSA) is 37.4 Å². The smallest absolute Gasteiger partial charge is 0.235 e. The molecular weight excluding hydrogens is 254 g/mol. The zero-order valence-electron chi connectivity index (χ0n) is 10.1. The van der Waals surface area contributed by atoms with Crippen molar-refractivity contribution in [3.8, 4) is 0 Å². The molecule has 0 amide bonds. The Morgan fingerprint density at radius 1 is 1.41 bits per heavy atom. The monoisotopic (exact) mass is 271 g/mol. The van der Waals surface area contributed by atoms with Gasteiger partial charge in [-0.25, -0.2) is 8.42 Å². The zero-order valence-corrected chi connectivity index (χ0v) is 11.7. The van der Waals surface area contributed by atoms with Crippen molar-refractivity contribution in [3.63, 3.8) is 0 Å². The minimum absolute atomic E-state index is 0.221. The number of sulfonamides is 1. The van der Waals surface area contributed by atoms with Crippen LogP contribution in [-0.4, -0.2) is 26.0 Å². The molecule has 1 unspecified atom stereocenters. The van der Waals surface area contributed by atoms with Gasteiger partial charge in [0.05, 0.1) is 11.4 Å². The molecule has 0 spiro atoms. The van der Waals surface area contributed by atoms with Crippen molar-refractivity contribution < 1.29 is 8.42 Å². The molecule has 0 bridgehead atoms. The van der Waals surface area contributed by atoms with E-state index < -0.39 is 10.0 Å². The van der Waals surface area contributed by atoms with E-state index in [-0.39, 0.29) is 5.75 Å². The Balaban J connectivity index is 2.43. The summed E-state index contributed by atoms with van der Waals surface area (Å²) in [7, 11) is -3.16. The molecule has 1 aromatic carbocycles. The quantitative estimate of drug-likeness (QED) is 0.848. The second-order valence-corrected chi connectivity index (χ2v) is 7.74. The van der Waals surface area contributed by atoms with Gasteiger partial charge in [-0.3, -0.25) is 4.31 Å². The zero-order chi connectivity index (χ0) is 12.5. The van der Waals surface area contributed by atoms with Crippen molar-refractivity contribution in [1.82, 2.24) is 0 Å². The van der Waals surface area contributed by atoms with E-state index in [0.29, 0.717) is 18.2 Å². The van der Waals surface area contributed by atoms with Gasteiger partial charge in [-0.2, -0.15) is 0 Å². The van der Waals surface area contributed by atoms with E-state index in [9.17, 15) is 8.42 Å². The summed E-state index contributed by atoms with van der Waals surface area (Å²) in [5, 5.41) is 0.302. The Kier molecular flexibility index (Phi) is 3.68. The fourth-order valence-corrected chi connectivity index (χ4v) is 4.89. The molecular formula is C12H17NO2S2. The lowest BCUT2D eigenvalue weighted by molar-refractivity contribution is 0.588. The molecule has 0 aliphatic carbocycles. The molecule has 0 aromatic heterocycles. The number of rotatable bonds is 3. The van der Waals surface area contributed by atoms with Crippen LogP contribution in [0.3, 0.4) is 0 Å². The summed E-state index contributed by atoms with van der Waals surface area (Å²) in [6.45, 7) is 4.53. The number of benzene rings is 1. The van der Waals surface area contributed by atoms with E-state index in [1.807, 2.05) is 31.2 Å². The third kappa shape index (κ3) is 2.60. The van der Waals surface area contributed by atoms with Crippen LogP contribution in [0, 0.1) is 0 Å². The van der Waals surface area contributed by atoms with Crippen LogP contribution in [0.5, 0.6) is 0 Å². The summed E-state index contributed by atoms with van der Waals surface area (Å²) in [4.78, 5) is 1.06. The Bertz CT molecular complexity index is 499. The average molecular weight is 271 g/mol. The highest BCUT2D eigenvalue weighted by atomic mass is 32.2. The molecule has 1 aliphatic rings. The van der Waals surface area contributed by atoms with Crippen molar-refractivity contribution in [3.05, 3.63) is 24.3 Å². The normalized spacial score (nSPS) is 20.1. The summed E-state index contributed by atoms with van der Waals surface area (Å²) >= 11 is 1.74. The van der Waals surface area contributed by atoms with Gasteiger partial charge in [0.1, 0.15) is 0 Å². The van der Waals surface area contributed by atoms with Crippen LogP contribution in [0.4, 0.5) is 5.69 Å². The highest BCUT2D eigenvalue weighted by Crippen LogP contribution is 2.39. The van der Waals surface area contributed by atoms with Gasteiger partial charge in [0.25, 0.3) is 0 Å². The number of para-hydroxylation sites is 1. The first kappa shape index (κ1) is 12.8. The van der Waals surface area contributed by atoms with Crippen molar-refractivity contribution in [2.45, 2.75) is 30.4 Å². The summed E-state index contributed by atoms with van der Waals surface area (Å²) < 4.78 is 26.0. The standard InChI is InChI=1S/C12H17NO2S2/c1-3-8-17(14,15)13-9-10(2)16-12-7-5-4-6-11(12)13/h4-7,10H,3,8-9H2,1-2H3. The van der Waals surface area contributed by atoms with E-state index in [1.165, 1.54) is 0 Å². The van der Waals surface area contributed by atoms with Crippen LogP contribution in [0.25, 0.3) is 0 Å². The van der Waals surface area contributed by atoms with Gasteiger partial charge in [0.2, 0.25) is 10.0 Å². The number of anilines is 1. The van der Waals surface area contributed by atoms with Gasteiger partial charge in [0, 0.05) is 16.7 Å². The van der Waals surface area contributed by atoms with Gasteiger partial charge in [-0.1, -0.05) is 26.0 Å². The molecule has 0 saturated heterocycles. The lowest BCUT2D eigenvalue weighted by Gasteiger charge is -2.33. The second-order valence-electron chi connectivity index (χ2n) is 4.24. The molecule has 2 rings (SSSR count). The van der Waals surface area contributed by atoms with Crippen LogP contribution in [0.15, 0.2) is 29.2 Å². The molecule has 1 atom stereocenters. The lowest BCUT2D eigenvalue weighted by Crippen LogP contribution is -2.39. The fraction of sp³-hybridized carbons (Fsp3) is 0.500. The van der Waals surface area contributed by atoms with Crippen molar-refractivity contribution in [2.24, 2.45) is 0 Å². The third-order valence-electron chi connectivity index (χ3n) is 2.68. The molecule has 1 heterocycles. The van der Waals surface area contributed by atoms with Crippen molar-refractivity contribution >= 4 is 27.5 Å². The van der Waals surface area contributed by atoms with E-state index in [0.717, 1.165) is 10.6 Å². The molecule has 1 aliphatic heterocycles. The van der Waals surface area contributed by atoms with Crippen molar-refractivity contribution in [1.29, 1.82) is 0 Å². The minimum atomic E-state index is -3.16. The molecule has 0 N–H and O–H groups in total. The Morgan fingerprint density at radius 2 is 2.12 bits per heavy atom. The van der Waals surface area contributed by atoms with E-state index >= 15 is 0 Å². The van der Waals surface area contributed by atoms with E-state index in [4.69, 9.17) is 0 Å². The van der Waals surface area contributed by atoms with Gasteiger partial charge in [-0.05, 0) is 18.6 Å². The first-order valence-corrected chi connectivity index (χ1v) is 8.29.